The highest BCUT2D eigenvalue weighted by Gasteiger charge is 2.15. The van der Waals surface area contributed by atoms with Gasteiger partial charge in [-0.2, -0.15) is 0 Å². The van der Waals surface area contributed by atoms with E-state index >= 15 is 0 Å². The van der Waals surface area contributed by atoms with Gasteiger partial charge in [-0.25, -0.2) is 9.79 Å². The lowest BCUT2D eigenvalue weighted by atomic mass is 10.2. The van der Waals surface area contributed by atoms with Crippen molar-refractivity contribution in [3.8, 4) is 5.75 Å². The molecule has 0 radical (unpaired) electrons. The van der Waals surface area contributed by atoms with Gasteiger partial charge in [0, 0.05) is 20.1 Å². The van der Waals surface area contributed by atoms with Crippen molar-refractivity contribution in [3.63, 3.8) is 0 Å². The average molecular weight is 559 g/mol. The van der Waals surface area contributed by atoms with Crippen molar-refractivity contribution in [3.05, 3.63) is 41.5 Å². The van der Waals surface area contributed by atoms with Gasteiger partial charge in [-0.1, -0.05) is 12.1 Å². The number of carbonyl (C=O) groups excluding carboxylic acids is 1. The fourth-order valence-corrected chi connectivity index (χ4v) is 2.50. The van der Waals surface area contributed by atoms with Gasteiger partial charge in [0.15, 0.2) is 11.8 Å². The molecule has 1 amide bonds. The van der Waals surface area contributed by atoms with Gasteiger partial charge in [0.05, 0.1) is 20.2 Å². The monoisotopic (exact) mass is 559 g/mol. The third-order valence-electron chi connectivity index (χ3n) is 4.26. The highest BCUT2D eigenvalue weighted by molar-refractivity contribution is 14.0. The van der Waals surface area contributed by atoms with Crippen LogP contribution >= 0.6 is 24.0 Å². The highest BCUT2D eigenvalue weighted by atomic mass is 127. The lowest BCUT2D eigenvalue weighted by Gasteiger charge is -2.20. The van der Waals surface area contributed by atoms with E-state index in [0.29, 0.717) is 32.1 Å². The molecule has 0 saturated heterocycles. The zero-order chi connectivity index (χ0) is 22.9. The molecule has 178 valence electrons. The number of halogens is 1. The summed E-state index contributed by atoms with van der Waals surface area (Å²) in [6.07, 6.45) is -0.450. The molecule has 0 bridgehead atoms. The molecule has 32 heavy (non-hydrogen) atoms. The van der Waals surface area contributed by atoms with E-state index in [1.807, 2.05) is 63.6 Å². The number of hydrogen-bond acceptors (Lipinski definition) is 6. The van der Waals surface area contributed by atoms with Crippen LogP contribution in [0.1, 0.15) is 38.0 Å². The van der Waals surface area contributed by atoms with Gasteiger partial charge < -0.3 is 30.0 Å². The maximum absolute atomic E-state index is 11.8. The second-order valence-electron chi connectivity index (χ2n) is 7.94. The lowest BCUT2D eigenvalue weighted by Crippen LogP contribution is -2.42. The molecule has 1 heterocycles. The van der Waals surface area contributed by atoms with Gasteiger partial charge >= 0.3 is 6.09 Å². The molecular weight excluding hydrogens is 525 g/mol. The van der Waals surface area contributed by atoms with Crippen LogP contribution in [-0.2, 0) is 24.9 Å². The van der Waals surface area contributed by atoms with Crippen LogP contribution in [-0.4, -0.2) is 52.6 Å². The van der Waals surface area contributed by atoms with E-state index in [4.69, 9.17) is 9.47 Å². The van der Waals surface area contributed by atoms with Crippen LogP contribution in [0.4, 0.5) is 4.79 Å². The number of aromatic nitrogens is 3. The average Bonchev–Trinajstić information content (AvgIpc) is 3.03. The van der Waals surface area contributed by atoms with Gasteiger partial charge in [0.2, 0.25) is 0 Å². The summed E-state index contributed by atoms with van der Waals surface area (Å²) in [4.78, 5) is 16.4. The molecule has 0 unspecified atom stereocenters. The summed E-state index contributed by atoms with van der Waals surface area (Å²) < 4.78 is 12.3. The van der Waals surface area contributed by atoms with Crippen LogP contribution < -0.4 is 20.7 Å². The zero-order valence-electron chi connectivity index (χ0n) is 19.6. The van der Waals surface area contributed by atoms with Crippen molar-refractivity contribution in [2.45, 2.75) is 46.4 Å². The quantitative estimate of drug-likeness (QED) is 0.197. The summed E-state index contributed by atoms with van der Waals surface area (Å²) >= 11 is 0. The molecule has 10 nitrogen and oxygen atoms in total. The normalized spacial score (nSPS) is 11.4. The Hall–Kier alpha value is -2.57. The van der Waals surface area contributed by atoms with Crippen LogP contribution in [0.2, 0.25) is 0 Å². The van der Waals surface area contributed by atoms with E-state index in [1.165, 1.54) is 0 Å². The fourth-order valence-electron chi connectivity index (χ4n) is 2.50. The molecule has 0 saturated carbocycles. The smallest absolute Gasteiger partial charge is 0.407 e. The Morgan fingerprint density at radius 3 is 2.31 bits per heavy atom. The SMILES string of the molecule is COc1ccc(CN=C(NCCNC(=O)OC(C)(C)C)NCc2nnc(C)n2C)cc1.I. The van der Waals surface area contributed by atoms with Gasteiger partial charge in [0.25, 0.3) is 0 Å². The summed E-state index contributed by atoms with van der Waals surface area (Å²) in [6, 6.07) is 7.74. The third-order valence-corrected chi connectivity index (χ3v) is 4.26. The second-order valence-corrected chi connectivity index (χ2v) is 7.94. The number of alkyl carbamates (subject to hydrolysis) is 1. The van der Waals surface area contributed by atoms with E-state index in [9.17, 15) is 4.79 Å². The number of nitrogens with one attached hydrogen (secondary N) is 3. The Bertz CT molecular complexity index is 877. The first-order chi connectivity index (χ1) is 14.7. The highest BCUT2D eigenvalue weighted by Crippen LogP contribution is 2.11. The van der Waals surface area contributed by atoms with Crippen LogP contribution in [0, 0.1) is 6.92 Å². The minimum Gasteiger partial charge on any atom is -0.497 e. The summed E-state index contributed by atoms with van der Waals surface area (Å²) in [7, 11) is 3.55. The number of hydrogen-bond donors (Lipinski definition) is 3. The Balaban J connectivity index is 0.00000512. The van der Waals surface area contributed by atoms with Crippen LogP contribution in [0.5, 0.6) is 5.75 Å². The van der Waals surface area contributed by atoms with Gasteiger partial charge in [-0.15, -0.1) is 34.2 Å². The number of aliphatic imine (C=N–C) groups is 1. The minimum atomic E-state index is -0.529. The number of ether oxygens (including phenoxy) is 2. The maximum atomic E-state index is 11.8. The van der Waals surface area contributed by atoms with Crippen LogP contribution in [0.25, 0.3) is 0 Å². The predicted octanol–water partition coefficient (Wildman–Crippen LogP) is 2.51. The Labute approximate surface area is 206 Å². The molecule has 1 aromatic heterocycles. The standard InChI is InChI=1S/C21H33N7O3.HI/c1-15-26-27-18(28(15)5)14-25-19(22-11-12-23-20(29)31-21(2,3)4)24-13-16-7-9-17(30-6)10-8-16;/h7-10H,11-14H2,1-6H3,(H,23,29)(H2,22,24,25);1H. The molecule has 0 atom stereocenters. The molecule has 0 aliphatic rings. The third kappa shape index (κ3) is 9.71. The summed E-state index contributed by atoms with van der Waals surface area (Å²) in [6.45, 7) is 9.19. The Morgan fingerprint density at radius 1 is 1.09 bits per heavy atom. The second kappa shape index (κ2) is 13.1. The van der Waals surface area contributed by atoms with E-state index in [0.717, 1.165) is 23.0 Å². The number of benzene rings is 1. The molecule has 3 N–H and O–H groups in total. The summed E-state index contributed by atoms with van der Waals surface area (Å²) in [5.41, 5.74) is 0.515. The largest absolute Gasteiger partial charge is 0.497 e. The molecule has 0 aliphatic carbocycles. The first-order valence-electron chi connectivity index (χ1n) is 10.1. The van der Waals surface area contributed by atoms with Crippen molar-refractivity contribution < 1.29 is 14.3 Å². The molecule has 11 heteroatoms. The lowest BCUT2D eigenvalue weighted by molar-refractivity contribution is 0.0529. The summed E-state index contributed by atoms with van der Waals surface area (Å²) in [5, 5.41) is 17.4. The minimum absolute atomic E-state index is 0. The van der Waals surface area contributed by atoms with Gasteiger partial charge in [0.1, 0.15) is 17.2 Å². The van der Waals surface area contributed by atoms with Crippen molar-refractivity contribution in [1.82, 2.24) is 30.7 Å². The number of carbonyl (C=O) groups is 1. The molecular formula is C21H34IN7O3. The molecule has 2 rings (SSSR count). The fraction of sp³-hybridized carbons (Fsp3) is 0.524. The van der Waals surface area contributed by atoms with Crippen molar-refractivity contribution in [2.24, 2.45) is 12.0 Å². The van der Waals surface area contributed by atoms with E-state index < -0.39 is 11.7 Å². The molecule has 0 aliphatic heterocycles. The van der Waals surface area contributed by atoms with Crippen molar-refractivity contribution in [2.75, 3.05) is 20.2 Å². The molecule has 0 fully saturated rings. The first kappa shape index (κ1) is 27.5. The number of aryl methyl sites for hydroxylation is 1. The summed E-state index contributed by atoms with van der Waals surface area (Å²) in [5.74, 6) is 3.03. The van der Waals surface area contributed by atoms with Crippen molar-refractivity contribution >= 4 is 36.0 Å². The number of nitrogens with zero attached hydrogens (tertiary/aromatic N) is 4. The number of guanidine groups is 1. The van der Waals surface area contributed by atoms with Crippen LogP contribution in [0.15, 0.2) is 29.3 Å². The van der Waals surface area contributed by atoms with Gasteiger partial charge in [-0.3, -0.25) is 0 Å². The molecule has 1 aromatic carbocycles. The molecule has 2 aromatic rings. The number of methoxy groups -OCH3 is 1. The van der Waals surface area contributed by atoms with Crippen LogP contribution in [0.3, 0.4) is 0 Å². The van der Waals surface area contributed by atoms with Crippen molar-refractivity contribution in [1.29, 1.82) is 0 Å². The zero-order valence-corrected chi connectivity index (χ0v) is 21.9. The van der Waals surface area contributed by atoms with Gasteiger partial charge in [-0.05, 0) is 45.4 Å². The topological polar surface area (TPSA) is 115 Å². The number of rotatable bonds is 8. The predicted molar refractivity (Wildman–Crippen MR) is 134 cm³/mol. The van der Waals surface area contributed by atoms with E-state index in [1.54, 1.807) is 7.11 Å². The number of amides is 1. The Kier molecular flexibility index (Phi) is 11.2. The van der Waals surface area contributed by atoms with E-state index in [2.05, 4.69) is 31.1 Å². The first-order valence-corrected chi connectivity index (χ1v) is 10.1. The Morgan fingerprint density at radius 2 is 1.75 bits per heavy atom. The maximum Gasteiger partial charge on any atom is 0.407 e. The van der Waals surface area contributed by atoms with E-state index in [-0.39, 0.29) is 24.0 Å². The molecule has 0 spiro atoms.